The second-order valence-corrected chi connectivity index (χ2v) is 7.12. The number of anilines is 4. The Hall–Kier alpha value is -3.56. The van der Waals surface area contributed by atoms with E-state index in [1.807, 2.05) is 32.0 Å². The number of phenolic OH excluding ortho intramolecular Hbond substituents is 1. The van der Waals surface area contributed by atoms with Crippen molar-refractivity contribution in [2.75, 3.05) is 16.0 Å². The van der Waals surface area contributed by atoms with Gasteiger partial charge >= 0.3 is 0 Å². The van der Waals surface area contributed by atoms with Crippen molar-refractivity contribution in [1.29, 1.82) is 0 Å². The number of aliphatic hydroxyl groups excluding tert-OH is 1. The fourth-order valence-corrected chi connectivity index (χ4v) is 3.22. The number of amides is 1. The van der Waals surface area contributed by atoms with Gasteiger partial charge in [-0.3, -0.25) is 9.89 Å². The highest BCUT2D eigenvalue weighted by Crippen LogP contribution is 2.30. The van der Waals surface area contributed by atoms with Gasteiger partial charge in [0.25, 0.3) is 0 Å². The number of hydrogen-bond donors (Lipinski definition) is 7. The molecule has 0 radical (unpaired) electrons. The number of H-pyrrole nitrogens is 1. The highest BCUT2D eigenvalue weighted by atomic mass is 16.3. The van der Waals surface area contributed by atoms with Gasteiger partial charge in [-0.1, -0.05) is 18.2 Å². The van der Waals surface area contributed by atoms with Crippen LogP contribution in [0.25, 0.3) is 0 Å². The highest BCUT2D eigenvalue weighted by Gasteiger charge is 2.19. The lowest BCUT2D eigenvalue weighted by atomic mass is 10.1. The predicted molar refractivity (Wildman–Crippen MR) is 117 cm³/mol. The Morgan fingerprint density at radius 2 is 1.87 bits per heavy atom. The van der Waals surface area contributed by atoms with Gasteiger partial charge in [0.2, 0.25) is 5.91 Å². The van der Waals surface area contributed by atoms with Gasteiger partial charge in [0.1, 0.15) is 17.8 Å². The Kier molecular flexibility index (Phi) is 6.24. The minimum Gasteiger partial charge on any atom is -0.507 e. The van der Waals surface area contributed by atoms with Crippen molar-refractivity contribution in [2.45, 2.75) is 33.5 Å². The number of carbonyl (C=O) groups excluding carboxylic acids is 1. The number of aromatic amines is 1. The number of aryl methyl sites for hydroxylation is 2. The standard InChI is InChI=1S/C21H26N6O3/c1-11-7-14(8-12(2)18(11)29)10-23-20-17(19(22)30)21(27-26-20)25-16-6-4-5-15(9-16)24-13(3)28/h4-9,19,29-30H,10,22H2,1-3H3,(H,24,28)(H3,23,25,26,27). The van der Waals surface area contributed by atoms with E-state index in [9.17, 15) is 15.0 Å². The Morgan fingerprint density at radius 3 is 2.50 bits per heavy atom. The molecule has 0 fully saturated rings. The number of hydrogen-bond acceptors (Lipinski definition) is 7. The van der Waals surface area contributed by atoms with E-state index in [1.165, 1.54) is 6.92 Å². The van der Waals surface area contributed by atoms with E-state index in [4.69, 9.17) is 5.73 Å². The first kappa shape index (κ1) is 21.2. The number of nitrogens with one attached hydrogen (secondary N) is 4. The molecular weight excluding hydrogens is 384 g/mol. The normalized spacial score (nSPS) is 11.8. The summed E-state index contributed by atoms with van der Waals surface area (Å²) in [4.78, 5) is 11.3. The van der Waals surface area contributed by atoms with Crippen LogP contribution in [-0.2, 0) is 11.3 Å². The molecule has 0 bridgehead atoms. The number of aromatic nitrogens is 2. The summed E-state index contributed by atoms with van der Waals surface area (Å²) in [5.41, 5.74) is 10.0. The molecule has 1 aromatic heterocycles. The van der Waals surface area contributed by atoms with Crippen molar-refractivity contribution < 1.29 is 15.0 Å². The van der Waals surface area contributed by atoms with E-state index >= 15 is 0 Å². The molecule has 3 rings (SSSR count). The number of nitrogens with two attached hydrogens (primary N) is 1. The van der Waals surface area contributed by atoms with E-state index in [-0.39, 0.29) is 11.7 Å². The number of aromatic hydroxyl groups is 1. The minimum atomic E-state index is -1.27. The van der Waals surface area contributed by atoms with Gasteiger partial charge in [-0.25, -0.2) is 0 Å². The minimum absolute atomic E-state index is 0.170. The molecule has 158 valence electrons. The molecule has 30 heavy (non-hydrogen) atoms. The molecule has 0 aliphatic heterocycles. The molecule has 9 heteroatoms. The van der Waals surface area contributed by atoms with Gasteiger partial charge in [-0.05, 0) is 48.7 Å². The van der Waals surface area contributed by atoms with Gasteiger partial charge in [0.05, 0.1) is 5.56 Å². The number of rotatable bonds is 7. The lowest BCUT2D eigenvalue weighted by Gasteiger charge is -2.13. The molecule has 8 N–H and O–H groups in total. The summed E-state index contributed by atoms with van der Waals surface area (Å²) >= 11 is 0. The van der Waals surface area contributed by atoms with Crippen molar-refractivity contribution in [3.8, 4) is 5.75 Å². The maximum atomic E-state index is 11.3. The summed E-state index contributed by atoms with van der Waals surface area (Å²) in [5, 5.41) is 36.1. The molecular formula is C21H26N6O3. The predicted octanol–water partition coefficient (Wildman–Crippen LogP) is 3.00. The number of carbonyl (C=O) groups is 1. The quantitative estimate of drug-likeness (QED) is 0.296. The Bertz CT molecular complexity index is 1040. The van der Waals surface area contributed by atoms with Gasteiger partial charge in [0, 0.05) is 24.8 Å². The zero-order valence-corrected chi connectivity index (χ0v) is 17.1. The Balaban J connectivity index is 1.79. The van der Waals surface area contributed by atoms with Crippen LogP contribution in [0.1, 0.15) is 35.4 Å². The first-order valence-corrected chi connectivity index (χ1v) is 9.44. The first-order chi connectivity index (χ1) is 14.2. The smallest absolute Gasteiger partial charge is 0.221 e. The van der Waals surface area contributed by atoms with E-state index in [2.05, 4.69) is 26.1 Å². The van der Waals surface area contributed by atoms with Crippen LogP contribution in [0, 0.1) is 13.8 Å². The van der Waals surface area contributed by atoms with Gasteiger partial charge in [0.15, 0.2) is 5.82 Å². The second kappa shape index (κ2) is 8.85. The third-order valence-corrected chi connectivity index (χ3v) is 4.57. The lowest BCUT2D eigenvalue weighted by molar-refractivity contribution is -0.114. The fraction of sp³-hybridized carbons (Fsp3) is 0.238. The van der Waals surface area contributed by atoms with Crippen LogP contribution in [0.2, 0.25) is 0 Å². The summed E-state index contributed by atoms with van der Waals surface area (Å²) in [6.07, 6.45) is -1.27. The van der Waals surface area contributed by atoms with E-state index in [0.717, 1.165) is 16.7 Å². The molecule has 0 spiro atoms. The third kappa shape index (κ3) is 4.88. The summed E-state index contributed by atoms with van der Waals surface area (Å²) in [5.74, 6) is 0.960. The van der Waals surface area contributed by atoms with Crippen molar-refractivity contribution in [2.24, 2.45) is 5.73 Å². The molecule has 1 amide bonds. The molecule has 0 saturated heterocycles. The maximum Gasteiger partial charge on any atom is 0.221 e. The van der Waals surface area contributed by atoms with Crippen LogP contribution in [0.15, 0.2) is 36.4 Å². The van der Waals surface area contributed by atoms with Gasteiger partial charge in [-0.2, -0.15) is 5.10 Å². The zero-order chi connectivity index (χ0) is 21.8. The molecule has 0 saturated carbocycles. The van der Waals surface area contributed by atoms with Crippen LogP contribution >= 0.6 is 0 Å². The summed E-state index contributed by atoms with van der Waals surface area (Å²) in [6.45, 7) is 5.56. The lowest BCUT2D eigenvalue weighted by Crippen LogP contribution is -2.13. The molecule has 9 nitrogen and oxygen atoms in total. The summed E-state index contributed by atoms with van der Waals surface area (Å²) < 4.78 is 0. The molecule has 0 aliphatic carbocycles. The van der Waals surface area contributed by atoms with Crippen LogP contribution in [0.3, 0.4) is 0 Å². The SMILES string of the molecule is CC(=O)Nc1cccc(Nc2n[nH]c(NCc3cc(C)c(O)c(C)c3)c2C(N)O)c1. The molecule has 1 atom stereocenters. The van der Waals surface area contributed by atoms with Crippen LogP contribution in [-0.4, -0.2) is 26.3 Å². The average Bonchev–Trinajstić information content (AvgIpc) is 3.06. The first-order valence-electron chi connectivity index (χ1n) is 9.44. The fourth-order valence-electron chi connectivity index (χ4n) is 3.22. The molecule has 3 aromatic rings. The largest absolute Gasteiger partial charge is 0.507 e. The third-order valence-electron chi connectivity index (χ3n) is 4.57. The summed E-state index contributed by atoms with van der Waals surface area (Å²) in [6, 6.07) is 10.9. The van der Waals surface area contributed by atoms with Crippen LogP contribution in [0.5, 0.6) is 5.75 Å². The van der Waals surface area contributed by atoms with Crippen LogP contribution < -0.4 is 21.7 Å². The molecule has 0 aliphatic rings. The number of phenols is 1. The maximum absolute atomic E-state index is 11.3. The van der Waals surface area contributed by atoms with Crippen molar-refractivity contribution >= 4 is 28.9 Å². The van der Waals surface area contributed by atoms with Crippen LogP contribution in [0.4, 0.5) is 23.0 Å². The van der Waals surface area contributed by atoms with E-state index in [1.54, 1.807) is 18.2 Å². The Morgan fingerprint density at radius 1 is 1.20 bits per heavy atom. The average molecular weight is 410 g/mol. The molecule has 1 heterocycles. The number of benzene rings is 2. The topological polar surface area (TPSA) is 148 Å². The number of aliphatic hydroxyl groups is 1. The zero-order valence-electron chi connectivity index (χ0n) is 17.1. The van der Waals surface area contributed by atoms with Gasteiger partial charge < -0.3 is 31.9 Å². The van der Waals surface area contributed by atoms with Gasteiger partial charge in [-0.15, -0.1) is 0 Å². The Labute approximate surface area is 174 Å². The molecule has 1 unspecified atom stereocenters. The van der Waals surface area contributed by atoms with Crippen molar-refractivity contribution in [1.82, 2.24) is 10.2 Å². The second-order valence-electron chi connectivity index (χ2n) is 7.12. The summed E-state index contributed by atoms with van der Waals surface area (Å²) in [7, 11) is 0. The molecule has 2 aromatic carbocycles. The monoisotopic (exact) mass is 410 g/mol. The highest BCUT2D eigenvalue weighted by molar-refractivity contribution is 5.89. The van der Waals surface area contributed by atoms with Crippen molar-refractivity contribution in [3.05, 3.63) is 58.7 Å². The number of nitrogens with zero attached hydrogens (tertiary/aromatic N) is 1. The van der Waals surface area contributed by atoms with E-state index < -0.39 is 6.23 Å². The van der Waals surface area contributed by atoms with E-state index in [0.29, 0.717) is 35.1 Å². The van der Waals surface area contributed by atoms with Crippen molar-refractivity contribution in [3.63, 3.8) is 0 Å².